The van der Waals surface area contributed by atoms with Gasteiger partial charge in [0.1, 0.15) is 0 Å². The molecule has 0 amide bonds. The Hall–Kier alpha value is 0.247. The molecule has 0 aromatic heterocycles. The Morgan fingerprint density at radius 1 is 1.00 bits per heavy atom. The Bertz CT molecular complexity index is 135. The van der Waals surface area contributed by atoms with Gasteiger partial charge in [-0.25, -0.2) is 0 Å². The van der Waals surface area contributed by atoms with Crippen LogP contribution < -0.4 is 0 Å². The molecule has 84 valence electrons. The van der Waals surface area contributed by atoms with E-state index >= 15 is 0 Å². The lowest BCUT2D eigenvalue weighted by molar-refractivity contribution is 0.746. The predicted octanol–water partition coefficient (Wildman–Crippen LogP) is 5.28. The minimum atomic E-state index is -1.56. The molecular weight excluding hydrogens is 208 g/mol. The van der Waals surface area contributed by atoms with E-state index in [1.807, 2.05) is 0 Å². The molecule has 0 atom stereocenters. The van der Waals surface area contributed by atoms with E-state index in [4.69, 9.17) is 11.1 Å². The summed E-state index contributed by atoms with van der Waals surface area (Å²) in [6, 6.07) is 2.46. The highest BCUT2D eigenvalue weighted by Gasteiger charge is 2.25. The first-order chi connectivity index (χ1) is 6.68. The summed E-state index contributed by atoms with van der Waals surface area (Å²) in [4.78, 5) is 0. The van der Waals surface area contributed by atoms with Crippen LogP contribution in [-0.4, -0.2) is 7.38 Å². The minimum Gasteiger partial charge on any atom is -0.162 e. The molecule has 0 nitrogen and oxygen atoms in total. The quantitative estimate of drug-likeness (QED) is 0.288. The van der Waals surface area contributed by atoms with Crippen LogP contribution in [0.5, 0.6) is 0 Å². The average molecular weight is 233 g/mol. The molecule has 0 saturated heterocycles. The first kappa shape index (κ1) is 14.2. The zero-order valence-electron chi connectivity index (χ0n) is 9.82. The number of hydrogen-bond acceptors (Lipinski definition) is 0. The van der Waals surface area contributed by atoms with Crippen LogP contribution in [0, 0.1) is 0 Å². The largest absolute Gasteiger partial charge is 0.179 e. The van der Waals surface area contributed by atoms with Crippen LogP contribution >= 0.6 is 11.1 Å². The van der Waals surface area contributed by atoms with E-state index in [1.54, 1.807) is 0 Å². The first-order valence-corrected chi connectivity index (χ1v) is 9.51. The van der Waals surface area contributed by atoms with Gasteiger partial charge in [0.05, 0.1) is 0 Å². The Morgan fingerprint density at radius 3 is 1.71 bits per heavy atom. The second-order valence-electron chi connectivity index (χ2n) is 4.15. The van der Waals surface area contributed by atoms with Crippen molar-refractivity contribution in [2.24, 2.45) is 0 Å². The molecule has 0 aliphatic heterocycles. The Balaban J connectivity index is 3.73. The lowest BCUT2D eigenvalue weighted by Gasteiger charge is -2.19. The van der Waals surface area contributed by atoms with Crippen molar-refractivity contribution < 1.29 is 0 Å². The molecule has 0 aliphatic carbocycles. The van der Waals surface area contributed by atoms with Crippen molar-refractivity contribution >= 4 is 18.5 Å². The van der Waals surface area contributed by atoms with E-state index in [1.165, 1.54) is 50.6 Å². The molecule has 0 saturated carbocycles. The molecule has 0 aromatic rings. The SMILES string of the molecule is C=C[Si](Cl)(CCCCC)CCCCC. The summed E-state index contributed by atoms with van der Waals surface area (Å²) in [5, 5.41) is 0. The highest BCUT2D eigenvalue weighted by Crippen LogP contribution is 2.27. The second-order valence-corrected chi connectivity index (χ2v) is 9.89. The van der Waals surface area contributed by atoms with Crippen LogP contribution in [0.1, 0.15) is 52.4 Å². The van der Waals surface area contributed by atoms with Gasteiger partial charge in [-0.2, -0.15) is 11.1 Å². The smallest absolute Gasteiger partial charge is 0.162 e. The molecule has 2 heteroatoms. The topological polar surface area (TPSA) is 0 Å². The highest BCUT2D eigenvalue weighted by molar-refractivity contribution is 7.23. The van der Waals surface area contributed by atoms with Crippen molar-refractivity contribution in [2.45, 2.75) is 64.5 Å². The molecule has 0 unspecified atom stereocenters. The van der Waals surface area contributed by atoms with Crippen LogP contribution in [0.15, 0.2) is 12.3 Å². The summed E-state index contributed by atoms with van der Waals surface area (Å²) in [7, 11) is -1.56. The normalized spacial score (nSPS) is 11.6. The molecule has 0 heterocycles. The maximum Gasteiger partial charge on any atom is 0.179 e. The highest BCUT2D eigenvalue weighted by atomic mass is 35.6. The fourth-order valence-corrected chi connectivity index (χ4v) is 4.80. The van der Waals surface area contributed by atoms with Crippen LogP contribution in [-0.2, 0) is 0 Å². The van der Waals surface area contributed by atoms with Crippen molar-refractivity contribution in [2.75, 3.05) is 0 Å². The number of rotatable bonds is 9. The summed E-state index contributed by atoms with van der Waals surface area (Å²) >= 11 is 6.62. The van der Waals surface area contributed by atoms with E-state index in [9.17, 15) is 0 Å². The Morgan fingerprint density at radius 2 is 1.43 bits per heavy atom. The van der Waals surface area contributed by atoms with Gasteiger partial charge >= 0.3 is 0 Å². The standard InChI is InChI=1S/C12H25ClSi/c1-4-7-9-11-14(13,6-3)12-10-8-5-2/h6H,3-5,7-12H2,1-2H3. The Kier molecular flexibility index (Phi) is 8.70. The third-order valence-electron chi connectivity index (χ3n) is 2.76. The second kappa shape index (κ2) is 8.55. The summed E-state index contributed by atoms with van der Waals surface area (Å²) in [6.07, 6.45) is 7.81. The lowest BCUT2D eigenvalue weighted by atomic mass is 10.3. The van der Waals surface area contributed by atoms with Crippen molar-refractivity contribution in [3.8, 4) is 0 Å². The first-order valence-electron chi connectivity index (χ1n) is 6.01. The Labute approximate surface area is 95.5 Å². The van der Waals surface area contributed by atoms with E-state index in [0.717, 1.165) is 0 Å². The molecule has 0 rings (SSSR count). The predicted molar refractivity (Wildman–Crippen MR) is 70.5 cm³/mol. The summed E-state index contributed by atoms with van der Waals surface area (Å²) < 4.78 is 0. The van der Waals surface area contributed by atoms with Crippen LogP contribution in [0.2, 0.25) is 12.1 Å². The van der Waals surface area contributed by atoms with E-state index in [2.05, 4.69) is 26.1 Å². The van der Waals surface area contributed by atoms with Crippen LogP contribution in [0.25, 0.3) is 0 Å². The molecular formula is C12H25ClSi. The van der Waals surface area contributed by atoms with Gasteiger partial charge in [0, 0.05) is 0 Å². The summed E-state index contributed by atoms with van der Waals surface area (Å²) in [5.41, 5.74) is 2.08. The minimum absolute atomic E-state index is 1.23. The molecule has 0 radical (unpaired) electrons. The number of unbranched alkanes of at least 4 members (excludes halogenated alkanes) is 4. The van der Waals surface area contributed by atoms with E-state index in [0.29, 0.717) is 0 Å². The van der Waals surface area contributed by atoms with Crippen LogP contribution in [0.3, 0.4) is 0 Å². The van der Waals surface area contributed by atoms with Gasteiger partial charge in [-0.1, -0.05) is 58.1 Å². The molecule has 0 N–H and O–H groups in total. The molecule has 14 heavy (non-hydrogen) atoms. The number of hydrogen-bond donors (Lipinski definition) is 0. The molecule has 0 fully saturated rings. The molecule has 0 aliphatic rings. The van der Waals surface area contributed by atoms with Crippen molar-refractivity contribution in [1.29, 1.82) is 0 Å². The maximum absolute atomic E-state index is 6.62. The van der Waals surface area contributed by atoms with Gasteiger partial charge < -0.3 is 0 Å². The van der Waals surface area contributed by atoms with Crippen LogP contribution in [0.4, 0.5) is 0 Å². The zero-order valence-corrected chi connectivity index (χ0v) is 11.6. The molecule has 0 aromatic carbocycles. The monoisotopic (exact) mass is 232 g/mol. The van der Waals surface area contributed by atoms with E-state index in [-0.39, 0.29) is 0 Å². The van der Waals surface area contributed by atoms with Crippen molar-refractivity contribution in [3.63, 3.8) is 0 Å². The third kappa shape index (κ3) is 6.66. The molecule has 0 bridgehead atoms. The van der Waals surface area contributed by atoms with Gasteiger partial charge in [-0.3, -0.25) is 0 Å². The van der Waals surface area contributed by atoms with Gasteiger partial charge in [0.2, 0.25) is 0 Å². The van der Waals surface area contributed by atoms with Gasteiger partial charge in [0.15, 0.2) is 7.38 Å². The average Bonchev–Trinajstić information content (AvgIpc) is 2.19. The number of halogens is 1. The van der Waals surface area contributed by atoms with Gasteiger partial charge in [-0.15, -0.1) is 6.58 Å². The molecule has 0 spiro atoms. The van der Waals surface area contributed by atoms with Crippen molar-refractivity contribution in [3.05, 3.63) is 12.3 Å². The fraction of sp³-hybridized carbons (Fsp3) is 0.833. The fourth-order valence-electron chi connectivity index (χ4n) is 1.67. The van der Waals surface area contributed by atoms with Gasteiger partial charge in [0.25, 0.3) is 0 Å². The van der Waals surface area contributed by atoms with Crippen molar-refractivity contribution in [1.82, 2.24) is 0 Å². The van der Waals surface area contributed by atoms with E-state index < -0.39 is 7.38 Å². The van der Waals surface area contributed by atoms with Gasteiger partial charge in [-0.05, 0) is 12.1 Å². The maximum atomic E-state index is 6.62. The zero-order chi connectivity index (χ0) is 10.9. The lowest BCUT2D eigenvalue weighted by Crippen LogP contribution is -2.23. The third-order valence-corrected chi connectivity index (χ3v) is 7.46. The summed E-state index contributed by atoms with van der Waals surface area (Å²) in [5.74, 6) is 0. The summed E-state index contributed by atoms with van der Waals surface area (Å²) in [6.45, 7) is 8.40.